The molecule has 4 nitrogen and oxygen atoms in total. The fourth-order valence-corrected chi connectivity index (χ4v) is 4.70. The van der Waals surface area contributed by atoms with E-state index < -0.39 is 0 Å². The van der Waals surface area contributed by atoms with E-state index >= 15 is 0 Å². The zero-order valence-electron chi connectivity index (χ0n) is 16.2. The van der Waals surface area contributed by atoms with Crippen LogP contribution in [0.15, 0.2) is 35.7 Å². The summed E-state index contributed by atoms with van der Waals surface area (Å²) in [5.74, 6) is 0.766. The molecule has 28 heavy (non-hydrogen) atoms. The van der Waals surface area contributed by atoms with Crippen molar-refractivity contribution in [3.8, 4) is 0 Å². The maximum atomic E-state index is 12.2. The van der Waals surface area contributed by atoms with Gasteiger partial charge in [0.15, 0.2) is 5.78 Å². The zero-order valence-corrected chi connectivity index (χ0v) is 17.8. The third kappa shape index (κ3) is 6.16. The Morgan fingerprint density at radius 2 is 2.14 bits per heavy atom. The molecule has 1 aromatic carbocycles. The lowest BCUT2D eigenvalue weighted by Crippen LogP contribution is -2.35. The molecule has 0 aliphatic carbocycles. The number of nitrogens with one attached hydrogen (secondary N) is 1. The summed E-state index contributed by atoms with van der Waals surface area (Å²) < 4.78 is 0. The number of hydrogen-bond acceptors (Lipinski definition) is 4. The van der Waals surface area contributed by atoms with Crippen molar-refractivity contribution in [3.05, 3.63) is 56.7 Å². The van der Waals surface area contributed by atoms with Gasteiger partial charge in [-0.15, -0.1) is 11.3 Å². The standard InChI is InChI=1S/C22H27ClN2O2S/c1-16(26)21-11-18(15-28-21)14-25-10-4-5-17(13-25)8-9-22(27)24-12-19-6-2-3-7-20(19)23/h2-3,6-7,11,15,17H,4-5,8-10,12-14H2,1H3,(H,24,27)/t17-/m0/s1. The summed E-state index contributed by atoms with van der Waals surface area (Å²) in [6.45, 7) is 5.08. The molecule has 0 unspecified atom stereocenters. The van der Waals surface area contributed by atoms with Gasteiger partial charge in [0.05, 0.1) is 4.88 Å². The molecule has 2 heterocycles. The zero-order chi connectivity index (χ0) is 19.9. The second-order valence-corrected chi connectivity index (χ2v) is 8.84. The van der Waals surface area contributed by atoms with Gasteiger partial charge in [0.1, 0.15) is 0 Å². The number of hydrogen-bond donors (Lipinski definition) is 1. The molecule has 1 aromatic heterocycles. The predicted molar refractivity (Wildman–Crippen MR) is 115 cm³/mol. The smallest absolute Gasteiger partial charge is 0.220 e. The molecule has 1 aliphatic rings. The number of halogens is 1. The van der Waals surface area contributed by atoms with Crippen molar-refractivity contribution < 1.29 is 9.59 Å². The van der Waals surface area contributed by atoms with Crippen LogP contribution < -0.4 is 5.32 Å². The van der Waals surface area contributed by atoms with Crippen molar-refractivity contribution in [3.63, 3.8) is 0 Å². The Labute approximate surface area is 175 Å². The van der Waals surface area contributed by atoms with Crippen molar-refractivity contribution in [1.29, 1.82) is 0 Å². The molecule has 1 atom stereocenters. The van der Waals surface area contributed by atoms with E-state index in [0.717, 1.165) is 42.9 Å². The molecule has 1 aliphatic heterocycles. The van der Waals surface area contributed by atoms with Crippen molar-refractivity contribution >= 4 is 34.6 Å². The van der Waals surface area contributed by atoms with Crippen LogP contribution in [0.1, 0.15) is 53.4 Å². The maximum Gasteiger partial charge on any atom is 0.220 e. The highest BCUT2D eigenvalue weighted by atomic mass is 35.5. The molecule has 1 fully saturated rings. The highest BCUT2D eigenvalue weighted by Crippen LogP contribution is 2.24. The first-order chi connectivity index (χ1) is 13.5. The topological polar surface area (TPSA) is 49.4 Å². The van der Waals surface area contributed by atoms with Gasteiger partial charge in [0.2, 0.25) is 5.91 Å². The second kappa shape index (κ2) is 10.2. The Morgan fingerprint density at radius 3 is 2.89 bits per heavy atom. The molecule has 2 aromatic rings. The van der Waals surface area contributed by atoms with E-state index in [1.165, 1.54) is 23.3 Å². The summed E-state index contributed by atoms with van der Waals surface area (Å²) in [5, 5.41) is 5.75. The number of benzene rings is 1. The van der Waals surface area contributed by atoms with Crippen molar-refractivity contribution in [2.24, 2.45) is 5.92 Å². The monoisotopic (exact) mass is 418 g/mol. The summed E-state index contributed by atoms with van der Waals surface area (Å²) in [4.78, 5) is 27.0. The third-order valence-electron chi connectivity index (χ3n) is 5.22. The van der Waals surface area contributed by atoms with Gasteiger partial charge < -0.3 is 5.32 Å². The first-order valence-electron chi connectivity index (χ1n) is 9.82. The molecule has 1 amide bonds. The Hall–Kier alpha value is -1.69. The lowest BCUT2D eigenvalue weighted by Gasteiger charge is -2.32. The molecule has 3 rings (SSSR count). The van der Waals surface area contributed by atoms with Crippen LogP contribution in [0.2, 0.25) is 5.02 Å². The quantitative estimate of drug-likeness (QED) is 0.619. The maximum absolute atomic E-state index is 12.2. The first-order valence-corrected chi connectivity index (χ1v) is 11.1. The SMILES string of the molecule is CC(=O)c1cc(CN2CCC[C@@H](CCC(=O)NCc3ccccc3Cl)C2)cs1. The summed E-state index contributed by atoms with van der Waals surface area (Å²) in [5.41, 5.74) is 2.16. The van der Waals surface area contributed by atoms with E-state index in [4.69, 9.17) is 11.6 Å². The highest BCUT2D eigenvalue weighted by molar-refractivity contribution is 7.12. The van der Waals surface area contributed by atoms with E-state index in [0.29, 0.717) is 23.9 Å². The largest absolute Gasteiger partial charge is 0.352 e. The van der Waals surface area contributed by atoms with Gasteiger partial charge in [0.25, 0.3) is 0 Å². The summed E-state index contributed by atoms with van der Waals surface area (Å²) in [6, 6.07) is 9.60. The number of thiophene rings is 1. The van der Waals surface area contributed by atoms with Crippen LogP contribution in [-0.4, -0.2) is 29.7 Å². The number of piperidine rings is 1. The summed E-state index contributed by atoms with van der Waals surface area (Å²) in [6.07, 6.45) is 3.80. The van der Waals surface area contributed by atoms with E-state index in [1.54, 1.807) is 6.92 Å². The Kier molecular flexibility index (Phi) is 7.65. The van der Waals surface area contributed by atoms with E-state index in [2.05, 4.69) is 15.6 Å². The molecule has 1 N–H and O–H groups in total. The fourth-order valence-electron chi connectivity index (χ4n) is 3.69. The summed E-state index contributed by atoms with van der Waals surface area (Å²) in [7, 11) is 0. The van der Waals surface area contributed by atoms with E-state index in [-0.39, 0.29) is 11.7 Å². The van der Waals surface area contributed by atoms with Gasteiger partial charge in [-0.3, -0.25) is 14.5 Å². The minimum absolute atomic E-state index is 0.0842. The van der Waals surface area contributed by atoms with Crippen LogP contribution in [0.5, 0.6) is 0 Å². The molecule has 6 heteroatoms. The van der Waals surface area contributed by atoms with Gasteiger partial charge in [0, 0.05) is 31.1 Å². The van der Waals surface area contributed by atoms with Crippen LogP contribution in [0.25, 0.3) is 0 Å². The fraction of sp³-hybridized carbons (Fsp3) is 0.455. The Morgan fingerprint density at radius 1 is 1.32 bits per heavy atom. The Bertz CT molecular complexity index is 820. The third-order valence-corrected chi connectivity index (χ3v) is 6.67. The number of carbonyl (C=O) groups is 2. The first kappa shape index (κ1) is 21.0. The minimum Gasteiger partial charge on any atom is -0.352 e. The van der Waals surface area contributed by atoms with Crippen LogP contribution in [0, 0.1) is 5.92 Å². The van der Waals surface area contributed by atoms with Gasteiger partial charge in [-0.05, 0) is 67.3 Å². The van der Waals surface area contributed by atoms with E-state index in [9.17, 15) is 9.59 Å². The normalized spacial score (nSPS) is 17.4. The highest BCUT2D eigenvalue weighted by Gasteiger charge is 2.21. The number of ketones is 1. The number of nitrogens with zero attached hydrogens (tertiary/aromatic N) is 1. The predicted octanol–water partition coefficient (Wildman–Crippen LogP) is 4.91. The molecule has 1 saturated heterocycles. The summed E-state index contributed by atoms with van der Waals surface area (Å²) >= 11 is 7.66. The van der Waals surface area contributed by atoms with Gasteiger partial charge >= 0.3 is 0 Å². The lowest BCUT2D eigenvalue weighted by atomic mass is 9.93. The van der Waals surface area contributed by atoms with Crippen LogP contribution in [0.3, 0.4) is 0 Å². The number of amides is 1. The van der Waals surface area contributed by atoms with Gasteiger partial charge in [-0.2, -0.15) is 0 Å². The Balaban J connectivity index is 1.41. The van der Waals surface area contributed by atoms with E-state index in [1.807, 2.05) is 30.3 Å². The number of likely N-dealkylation sites (tertiary alicyclic amines) is 1. The molecule has 0 spiro atoms. The molecular formula is C22H27ClN2O2S. The molecule has 150 valence electrons. The van der Waals surface area contributed by atoms with Crippen LogP contribution in [-0.2, 0) is 17.9 Å². The van der Waals surface area contributed by atoms with Crippen molar-refractivity contribution in [2.75, 3.05) is 13.1 Å². The van der Waals surface area contributed by atoms with Gasteiger partial charge in [-0.1, -0.05) is 29.8 Å². The van der Waals surface area contributed by atoms with Crippen LogP contribution >= 0.6 is 22.9 Å². The lowest BCUT2D eigenvalue weighted by molar-refractivity contribution is -0.121. The molecule has 0 radical (unpaired) electrons. The molecular weight excluding hydrogens is 392 g/mol. The van der Waals surface area contributed by atoms with Crippen LogP contribution in [0.4, 0.5) is 0 Å². The average molecular weight is 419 g/mol. The molecule has 0 saturated carbocycles. The number of rotatable bonds is 8. The van der Waals surface area contributed by atoms with Crippen molar-refractivity contribution in [2.45, 2.75) is 45.7 Å². The number of Topliss-reactive ketones (excluding diaryl/α,β-unsaturated/α-hetero) is 1. The second-order valence-electron chi connectivity index (χ2n) is 7.53. The van der Waals surface area contributed by atoms with Crippen molar-refractivity contribution in [1.82, 2.24) is 10.2 Å². The number of carbonyl (C=O) groups excluding carboxylic acids is 2. The minimum atomic E-state index is 0.0842. The average Bonchev–Trinajstić information content (AvgIpc) is 3.15. The van der Waals surface area contributed by atoms with Gasteiger partial charge in [-0.25, -0.2) is 0 Å². The molecule has 0 bridgehead atoms.